The third-order valence-corrected chi connectivity index (χ3v) is 6.13. The molecule has 0 aromatic heterocycles. The van der Waals surface area contributed by atoms with Gasteiger partial charge in [-0.3, -0.25) is 4.79 Å². The van der Waals surface area contributed by atoms with Crippen LogP contribution in [0, 0.1) is 18.8 Å². The summed E-state index contributed by atoms with van der Waals surface area (Å²) in [5, 5.41) is 11.5. The van der Waals surface area contributed by atoms with Gasteiger partial charge in [0.05, 0.1) is 5.92 Å². The maximum atomic E-state index is 11.9. The number of carbonyl (C=O) groups excluding carboxylic acids is 1. The summed E-state index contributed by atoms with van der Waals surface area (Å²) in [5.74, 6) is 0.426. The highest BCUT2D eigenvalue weighted by atomic mass is 16.7. The molecule has 1 aliphatic rings. The third-order valence-electron chi connectivity index (χ3n) is 6.13. The van der Waals surface area contributed by atoms with Crippen LogP contribution in [0.4, 0.5) is 0 Å². The van der Waals surface area contributed by atoms with Crippen LogP contribution in [0.3, 0.4) is 0 Å². The topological polar surface area (TPSA) is 49.8 Å². The van der Waals surface area contributed by atoms with E-state index in [0.29, 0.717) is 18.2 Å². The van der Waals surface area contributed by atoms with E-state index in [-0.39, 0.29) is 17.3 Å². The molecule has 0 aliphatic carbocycles. The smallest absolute Gasteiger partial charge is 0.327 e. The summed E-state index contributed by atoms with van der Waals surface area (Å²) in [6, 6.07) is 17.8. The van der Waals surface area contributed by atoms with E-state index in [1.165, 1.54) is 5.56 Å². The number of nitrogens with zero attached hydrogens (tertiary/aromatic N) is 1. The summed E-state index contributed by atoms with van der Waals surface area (Å²) in [6.07, 6.45) is 1.69. The molecule has 1 fully saturated rings. The van der Waals surface area contributed by atoms with Gasteiger partial charge < -0.3 is 9.94 Å². The van der Waals surface area contributed by atoms with Gasteiger partial charge in [0.1, 0.15) is 5.75 Å². The van der Waals surface area contributed by atoms with E-state index in [1.54, 1.807) is 11.1 Å². The van der Waals surface area contributed by atoms with Crippen LogP contribution in [0.2, 0.25) is 0 Å². The number of aryl methyl sites for hydroxylation is 1. The number of hydrogen-bond acceptors (Lipinski definition) is 4. The molecule has 0 bridgehead atoms. The van der Waals surface area contributed by atoms with E-state index in [2.05, 4.69) is 39.0 Å². The van der Waals surface area contributed by atoms with Gasteiger partial charge in [0, 0.05) is 13.1 Å². The molecule has 2 aromatic rings. The Morgan fingerprint density at radius 3 is 2.45 bits per heavy atom. The van der Waals surface area contributed by atoms with Crippen molar-refractivity contribution in [2.24, 2.45) is 11.8 Å². The van der Waals surface area contributed by atoms with Crippen molar-refractivity contribution < 1.29 is 14.7 Å². The van der Waals surface area contributed by atoms with Crippen molar-refractivity contribution in [3.63, 3.8) is 0 Å². The Bertz CT molecular complexity index is 777. The second-order valence-corrected chi connectivity index (χ2v) is 8.38. The van der Waals surface area contributed by atoms with Crippen LogP contribution >= 0.6 is 0 Å². The van der Waals surface area contributed by atoms with E-state index < -0.39 is 0 Å². The highest BCUT2D eigenvalue weighted by molar-refractivity contribution is 5.71. The number of aromatic hydroxyl groups is 1. The number of rotatable bonds is 4. The maximum Gasteiger partial charge on any atom is 0.327 e. The monoisotopic (exact) mass is 397 g/mol. The maximum absolute atomic E-state index is 11.9. The van der Waals surface area contributed by atoms with Crippen molar-refractivity contribution in [3.05, 3.63) is 65.7 Å². The summed E-state index contributed by atoms with van der Waals surface area (Å²) in [5.41, 5.74) is 2.45. The van der Waals surface area contributed by atoms with Gasteiger partial charge in [-0.2, -0.15) is 0 Å². The SMILES string of the molecule is CCC(C)C(=O)ON1CCC(C)(c2cccc(O)c2)C(C)C1.Cc1ccccc1. The first-order valence-corrected chi connectivity index (χ1v) is 10.5. The van der Waals surface area contributed by atoms with Crippen LogP contribution in [0.15, 0.2) is 54.6 Å². The van der Waals surface area contributed by atoms with Crippen LogP contribution < -0.4 is 0 Å². The van der Waals surface area contributed by atoms with Gasteiger partial charge >= 0.3 is 5.97 Å². The van der Waals surface area contributed by atoms with E-state index in [0.717, 1.165) is 24.9 Å². The van der Waals surface area contributed by atoms with Crippen molar-refractivity contribution in [2.75, 3.05) is 13.1 Å². The molecule has 2 aromatic carbocycles. The minimum Gasteiger partial charge on any atom is -0.508 e. The molecule has 0 radical (unpaired) electrons. The van der Waals surface area contributed by atoms with E-state index >= 15 is 0 Å². The van der Waals surface area contributed by atoms with Gasteiger partial charge in [-0.05, 0) is 48.8 Å². The first kappa shape index (κ1) is 23.0. The minimum atomic E-state index is -0.143. The fourth-order valence-electron chi connectivity index (χ4n) is 3.49. The predicted molar refractivity (Wildman–Crippen MR) is 118 cm³/mol. The van der Waals surface area contributed by atoms with Crippen LogP contribution in [-0.4, -0.2) is 29.2 Å². The first-order chi connectivity index (χ1) is 13.8. The molecule has 0 saturated carbocycles. The average Bonchev–Trinajstić information content (AvgIpc) is 2.71. The van der Waals surface area contributed by atoms with E-state index in [9.17, 15) is 9.90 Å². The van der Waals surface area contributed by atoms with E-state index in [4.69, 9.17) is 4.84 Å². The Kier molecular flexibility index (Phi) is 8.27. The molecule has 0 amide bonds. The van der Waals surface area contributed by atoms with Crippen LogP contribution in [-0.2, 0) is 15.0 Å². The second-order valence-electron chi connectivity index (χ2n) is 8.38. The number of phenolic OH excluding ortho intramolecular Hbond substituents is 1. The van der Waals surface area contributed by atoms with E-state index in [1.807, 2.05) is 44.2 Å². The molecule has 3 unspecified atom stereocenters. The zero-order valence-corrected chi connectivity index (χ0v) is 18.4. The molecular formula is C25H35NO3. The normalized spacial score (nSPS) is 22.9. The molecule has 1 aliphatic heterocycles. The van der Waals surface area contributed by atoms with Crippen LogP contribution in [0.25, 0.3) is 0 Å². The Morgan fingerprint density at radius 2 is 1.93 bits per heavy atom. The fraction of sp³-hybridized carbons (Fsp3) is 0.480. The Hall–Kier alpha value is -2.33. The third kappa shape index (κ3) is 6.33. The molecular weight excluding hydrogens is 362 g/mol. The van der Waals surface area contributed by atoms with Gasteiger partial charge in [0.15, 0.2) is 0 Å². The lowest BCUT2D eigenvalue weighted by Gasteiger charge is -2.44. The van der Waals surface area contributed by atoms with Crippen molar-refractivity contribution in [3.8, 4) is 5.75 Å². The molecule has 158 valence electrons. The highest BCUT2D eigenvalue weighted by Gasteiger charge is 2.39. The number of hydrogen-bond donors (Lipinski definition) is 1. The molecule has 1 N–H and O–H groups in total. The van der Waals surface area contributed by atoms with Gasteiger partial charge in [-0.1, -0.05) is 75.7 Å². The number of benzene rings is 2. The fourth-order valence-corrected chi connectivity index (χ4v) is 3.49. The molecule has 29 heavy (non-hydrogen) atoms. The van der Waals surface area contributed by atoms with Gasteiger partial charge in [-0.25, -0.2) is 0 Å². The zero-order chi connectivity index (χ0) is 21.4. The Morgan fingerprint density at radius 1 is 1.24 bits per heavy atom. The molecule has 1 heterocycles. The number of hydroxylamine groups is 2. The highest BCUT2D eigenvalue weighted by Crippen LogP contribution is 2.40. The van der Waals surface area contributed by atoms with Gasteiger partial charge in [-0.15, -0.1) is 5.06 Å². The largest absolute Gasteiger partial charge is 0.508 e. The number of piperidine rings is 1. The predicted octanol–water partition coefficient (Wildman–Crippen LogP) is 5.49. The lowest BCUT2D eigenvalue weighted by Crippen LogP contribution is -2.48. The zero-order valence-electron chi connectivity index (χ0n) is 18.4. The molecule has 3 rings (SSSR count). The van der Waals surface area contributed by atoms with Crippen molar-refractivity contribution in [2.45, 2.75) is 52.9 Å². The van der Waals surface area contributed by atoms with Crippen molar-refractivity contribution in [1.82, 2.24) is 5.06 Å². The number of phenols is 1. The van der Waals surface area contributed by atoms with Crippen LogP contribution in [0.5, 0.6) is 5.75 Å². The van der Waals surface area contributed by atoms with Gasteiger partial charge in [0.25, 0.3) is 0 Å². The average molecular weight is 398 g/mol. The summed E-state index contributed by atoms with van der Waals surface area (Å²) < 4.78 is 0. The standard InChI is InChI=1S/C18H27NO3.C7H8/c1-5-13(2)17(21)22-19-10-9-18(4,14(3)12-19)15-7-6-8-16(20)11-15;1-7-5-3-2-4-6-7/h6-8,11,13-14,20H,5,9-10,12H2,1-4H3;2-6H,1H3. The Labute approximate surface area is 175 Å². The molecule has 1 saturated heterocycles. The van der Waals surface area contributed by atoms with Gasteiger partial charge in [0.2, 0.25) is 0 Å². The summed E-state index contributed by atoms with van der Waals surface area (Å²) >= 11 is 0. The molecule has 3 atom stereocenters. The van der Waals surface area contributed by atoms with Crippen molar-refractivity contribution >= 4 is 5.97 Å². The van der Waals surface area contributed by atoms with Crippen LogP contribution in [0.1, 0.15) is 51.7 Å². The lowest BCUT2D eigenvalue weighted by molar-refractivity contribution is -0.206. The Balaban J connectivity index is 0.000000360. The molecule has 0 spiro atoms. The summed E-state index contributed by atoms with van der Waals surface area (Å²) in [4.78, 5) is 17.4. The first-order valence-electron chi connectivity index (χ1n) is 10.5. The lowest BCUT2D eigenvalue weighted by atomic mass is 9.68. The summed E-state index contributed by atoms with van der Waals surface area (Å²) in [7, 11) is 0. The van der Waals surface area contributed by atoms with Crippen molar-refractivity contribution in [1.29, 1.82) is 0 Å². The summed E-state index contributed by atoms with van der Waals surface area (Å²) in [6.45, 7) is 11.8. The molecule has 4 nitrogen and oxygen atoms in total. The molecule has 4 heteroatoms. The number of carbonyl (C=O) groups is 1. The minimum absolute atomic E-state index is 0.0159. The quantitative estimate of drug-likeness (QED) is 0.741. The second kappa shape index (κ2) is 10.4.